The average Bonchev–Trinajstić information content (AvgIpc) is 3.23. The number of para-hydroxylation sites is 2. The molecule has 0 radical (unpaired) electrons. The van der Waals surface area contributed by atoms with Crippen molar-refractivity contribution < 1.29 is 14.3 Å². The van der Waals surface area contributed by atoms with Gasteiger partial charge in [0.25, 0.3) is 5.91 Å². The first-order chi connectivity index (χ1) is 16.9. The average molecular weight is 475 g/mol. The Balaban J connectivity index is 1.51. The molecule has 1 aromatic heterocycles. The van der Waals surface area contributed by atoms with Crippen molar-refractivity contribution in [2.24, 2.45) is 5.92 Å². The molecule has 7 nitrogen and oxygen atoms in total. The normalized spacial score (nSPS) is 24.3. The van der Waals surface area contributed by atoms with Gasteiger partial charge >= 0.3 is 0 Å². The zero-order valence-corrected chi connectivity index (χ0v) is 20.8. The summed E-state index contributed by atoms with van der Waals surface area (Å²) in [5.74, 6) is 1.28. The Morgan fingerprint density at radius 3 is 2.63 bits per heavy atom. The van der Waals surface area contributed by atoms with Crippen LogP contribution in [0.5, 0.6) is 5.75 Å². The Kier molecular flexibility index (Phi) is 6.26. The molecule has 2 aromatic carbocycles. The number of carbonyl (C=O) groups excluding carboxylic acids is 2. The van der Waals surface area contributed by atoms with Crippen molar-refractivity contribution >= 4 is 22.8 Å². The lowest BCUT2D eigenvalue weighted by molar-refractivity contribution is -0.134. The second-order valence-electron chi connectivity index (χ2n) is 10.1. The summed E-state index contributed by atoms with van der Waals surface area (Å²) in [6.45, 7) is 7.32. The van der Waals surface area contributed by atoms with Crippen LogP contribution in [0, 0.1) is 5.92 Å². The minimum absolute atomic E-state index is 0.0982. The SMILES string of the molecule is CCOc1ccc(CN2C(=O)c3nc4ccccc4n3C[C@]2(C)C(=O)N[C@H]2CCCC[C@@H]2C)cc1. The smallest absolute Gasteiger partial charge is 0.291 e. The molecule has 2 amide bonds. The summed E-state index contributed by atoms with van der Waals surface area (Å²) in [6, 6.07) is 15.6. The minimum Gasteiger partial charge on any atom is -0.494 e. The van der Waals surface area contributed by atoms with Crippen molar-refractivity contribution in [3.63, 3.8) is 0 Å². The molecule has 3 atom stereocenters. The van der Waals surface area contributed by atoms with E-state index in [9.17, 15) is 9.59 Å². The van der Waals surface area contributed by atoms with Crippen LogP contribution in [0.2, 0.25) is 0 Å². The maximum atomic E-state index is 13.9. The fraction of sp³-hybridized carbons (Fsp3) is 0.464. The number of aromatic nitrogens is 2. The monoisotopic (exact) mass is 474 g/mol. The number of rotatable bonds is 6. The largest absolute Gasteiger partial charge is 0.494 e. The Labute approximate surface area is 206 Å². The van der Waals surface area contributed by atoms with Gasteiger partial charge in [0, 0.05) is 12.6 Å². The van der Waals surface area contributed by atoms with E-state index in [0.29, 0.717) is 31.4 Å². The summed E-state index contributed by atoms with van der Waals surface area (Å²) in [6.07, 6.45) is 4.43. The lowest BCUT2D eigenvalue weighted by Gasteiger charge is -2.44. The zero-order valence-electron chi connectivity index (χ0n) is 20.8. The molecule has 0 unspecified atom stereocenters. The third kappa shape index (κ3) is 4.28. The van der Waals surface area contributed by atoms with E-state index in [1.165, 1.54) is 6.42 Å². The predicted molar refractivity (Wildman–Crippen MR) is 135 cm³/mol. The highest BCUT2D eigenvalue weighted by Gasteiger charge is 2.49. The first-order valence-electron chi connectivity index (χ1n) is 12.7. The minimum atomic E-state index is -1.05. The van der Waals surface area contributed by atoms with E-state index in [1.807, 2.05) is 66.9 Å². The molecule has 3 aromatic rings. The molecule has 0 spiro atoms. The van der Waals surface area contributed by atoms with Gasteiger partial charge in [-0.3, -0.25) is 9.59 Å². The van der Waals surface area contributed by atoms with Crippen LogP contribution in [-0.2, 0) is 17.9 Å². The molecule has 2 aliphatic rings. The number of hydrogen-bond acceptors (Lipinski definition) is 4. The fourth-order valence-electron chi connectivity index (χ4n) is 5.47. The number of ether oxygens (including phenoxy) is 1. The number of nitrogens with one attached hydrogen (secondary N) is 1. The van der Waals surface area contributed by atoms with Crippen LogP contribution in [-0.4, -0.2) is 44.5 Å². The summed E-state index contributed by atoms with van der Waals surface area (Å²) in [7, 11) is 0. The Morgan fingerprint density at radius 1 is 1.14 bits per heavy atom. The van der Waals surface area contributed by atoms with Crippen LogP contribution >= 0.6 is 0 Å². The first-order valence-corrected chi connectivity index (χ1v) is 12.7. The Hall–Kier alpha value is -3.35. The second-order valence-corrected chi connectivity index (χ2v) is 10.1. The van der Waals surface area contributed by atoms with E-state index < -0.39 is 5.54 Å². The van der Waals surface area contributed by atoms with E-state index in [4.69, 9.17) is 4.74 Å². The molecule has 1 fully saturated rings. The lowest BCUT2D eigenvalue weighted by Crippen LogP contribution is -2.65. The van der Waals surface area contributed by atoms with E-state index in [0.717, 1.165) is 41.6 Å². The first kappa shape index (κ1) is 23.4. The number of amides is 2. The number of nitrogens with zero attached hydrogens (tertiary/aromatic N) is 3. The van der Waals surface area contributed by atoms with Crippen molar-refractivity contribution in [3.05, 3.63) is 59.9 Å². The van der Waals surface area contributed by atoms with Crippen molar-refractivity contribution in [2.45, 2.75) is 71.1 Å². The maximum absolute atomic E-state index is 13.9. The third-order valence-corrected chi connectivity index (χ3v) is 7.64. The van der Waals surface area contributed by atoms with Gasteiger partial charge in [-0.2, -0.15) is 0 Å². The van der Waals surface area contributed by atoms with Crippen LogP contribution < -0.4 is 10.1 Å². The van der Waals surface area contributed by atoms with Gasteiger partial charge in [0.05, 0.1) is 24.2 Å². The van der Waals surface area contributed by atoms with Gasteiger partial charge in [0.15, 0.2) is 5.82 Å². The van der Waals surface area contributed by atoms with Crippen LogP contribution in [0.4, 0.5) is 0 Å². The van der Waals surface area contributed by atoms with Crippen LogP contribution in [0.1, 0.15) is 62.6 Å². The van der Waals surface area contributed by atoms with Crippen LogP contribution in [0.25, 0.3) is 11.0 Å². The van der Waals surface area contributed by atoms with Crippen molar-refractivity contribution in [1.29, 1.82) is 0 Å². The highest BCUT2D eigenvalue weighted by atomic mass is 16.5. The molecule has 5 rings (SSSR count). The zero-order chi connectivity index (χ0) is 24.6. The highest BCUT2D eigenvalue weighted by molar-refractivity contribution is 6.01. The quantitative estimate of drug-likeness (QED) is 0.569. The molecule has 1 N–H and O–H groups in total. The summed E-state index contributed by atoms with van der Waals surface area (Å²) in [4.78, 5) is 34.1. The van der Waals surface area contributed by atoms with Crippen molar-refractivity contribution in [3.8, 4) is 5.75 Å². The van der Waals surface area contributed by atoms with E-state index in [-0.39, 0.29) is 17.9 Å². The van der Waals surface area contributed by atoms with Crippen molar-refractivity contribution in [2.75, 3.05) is 6.61 Å². The maximum Gasteiger partial charge on any atom is 0.291 e. The molecular formula is C28H34N4O3. The standard InChI is InChI=1S/C28H34N4O3/c1-4-35-21-15-13-20(14-16-21)17-32-26(33)25-29-23-11-7-8-12-24(23)31(25)18-28(32,3)27(34)30-22-10-6-5-9-19(22)2/h7-8,11-16,19,22H,4-6,9-10,17-18H2,1-3H3,(H,30,34)/t19-,22-,28+/m0/s1. The molecule has 1 aliphatic heterocycles. The highest BCUT2D eigenvalue weighted by Crippen LogP contribution is 2.33. The summed E-state index contributed by atoms with van der Waals surface area (Å²) in [5.41, 5.74) is 1.53. The number of hydrogen-bond donors (Lipinski definition) is 1. The molecule has 0 bridgehead atoms. The van der Waals surface area contributed by atoms with Gasteiger partial charge in [0.1, 0.15) is 11.3 Å². The summed E-state index contributed by atoms with van der Waals surface area (Å²) < 4.78 is 7.48. The van der Waals surface area contributed by atoms with Crippen LogP contribution in [0.15, 0.2) is 48.5 Å². The molecule has 1 saturated carbocycles. The topological polar surface area (TPSA) is 76.5 Å². The number of benzene rings is 2. The molecule has 35 heavy (non-hydrogen) atoms. The lowest BCUT2D eigenvalue weighted by atomic mass is 9.85. The van der Waals surface area contributed by atoms with E-state index in [2.05, 4.69) is 17.2 Å². The molecule has 7 heteroatoms. The van der Waals surface area contributed by atoms with Gasteiger partial charge in [0.2, 0.25) is 5.91 Å². The number of fused-ring (bicyclic) bond motifs is 3. The molecular weight excluding hydrogens is 440 g/mol. The molecule has 2 heterocycles. The van der Waals surface area contributed by atoms with Gasteiger partial charge < -0.3 is 19.5 Å². The Bertz CT molecular complexity index is 1230. The fourth-order valence-corrected chi connectivity index (χ4v) is 5.47. The predicted octanol–water partition coefficient (Wildman–Crippen LogP) is 4.54. The van der Waals surface area contributed by atoms with Gasteiger partial charge in [-0.05, 0) is 62.4 Å². The van der Waals surface area contributed by atoms with Crippen LogP contribution in [0.3, 0.4) is 0 Å². The van der Waals surface area contributed by atoms with Gasteiger partial charge in [-0.1, -0.05) is 44.0 Å². The molecule has 0 saturated heterocycles. The van der Waals surface area contributed by atoms with Gasteiger partial charge in [-0.15, -0.1) is 0 Å². The number of carbonyl (C=O) groups is 2. The van der Waals surface area contributed by atoms with Gasteiger partial charge in [-0.25, -0.2) is 4.98 Å². The summed E-state index contributed by atoms with van der Waals surface area (Å²) >= 11 is 0. The number of imidazole rings is 1. The van der Waals surface area contributed by atoms with E-state index in [1.54, 1.807) is 4.90 Å². The van der Waals surface area contributed by atoms with Crippen molar-refractivity contribution in [1.82, 2.24) is 19.8 Å². The molecule has 184 valence electrons. The third-order valence-electron chi connectivity index (χ3n) is 7.64. The second kappa shape index (κ2) is 9.36. The summed E-state index contributed by atoms with van der Waals surface area (Å²) in [5, 5.41) is 3.33. The Morgan fingerprint density at radius 2 is 1.89 bits per heavy atom. The van der Waals surface area contributed by atoms with E-state index >= 15 is 0 Å². The molecule has 1 aliphatic carbocycles.